The highest BCUT2D eigenvalue weighted by Gasteiger charge is 2.35. The fourth-order valence-corrected chi connectivity index (χ4v) is 3.28. The van der Waals surface area contributed by atoms with Crippen molar-refractivity contribution in [2.75, 3.05) is 13.7 Å². The van der Waals surface area contributed by atoms with Gasteiger partial charge in [0, 0.05) is 6.42 Å². The second-order valence-electron chi connectivity index (χ2n) is 6.87. The molecule has 2 heterocycles. The van der Waals surface area contributed by atoms with Crippen LogP contribution in [0.2, 0.25) is 0 Å². The van der Waals surface area contributed by atoms with Crippen LogP contribution in [0.5, 0.6) is 11.5 Å². The van der Waals surface area contributed by atoms with E-state index in [-0.39, 0.29) is 11.3 Å². The largest absolute Gasteiger partial charge is 0.508 e. The predicted molar refractivity (Wildman–Crippen MR) is 111 cm³/mol. The van der Waals surface area contributed by atoms with E-state index < -0.39 is 24.5 Å². The van der Waals surface area contributed by atoms with Gasteiger partial charge in [-0.05, 0) is 66.2 Å². The maximum Gasteiger partial charge on any atom is 0.338 e. The summed E-state index contributed by atoms with van der Waals surface area (Å²) in [7, 11) is 1.59. The number of phenolic OH excluding ortho intramolecular Hbond substituents is 1. The van der Waals surface area contributed by atoms with Crippen LogP contribution in [0.25, 0.3) is 0 Å². The number of rotatable bonds is 6. The SMILES string of the molecule is COc1ccc(C2=NN(C(=O)COC(=O)c3ccc(O)cc3)[C@@H](c3ccco3)C2)cc1. The molecule has 0 bridgehead atoms. The second-order valence-corrected chi connectivity index (χ2v) is 6.87. The number of hydrazone groups is 1. The number of furan rings is 1. The second kappa shape index (κ2) is 8.74. The lowest BCUT2D eigenvalue weighted by Crippen LogP contribution is -2.31. The zero-order chi connectivity index (χ0) is 21.8. The van der Waals surface area contributed by atoms with Crippen molar-refractivity contribution in [1.82, 2.24) is 5.01 Å². The third kappa shape index (κ3) is 4.42. The Morgan fingerprint density at radius 1 is 1.13 bits per heavy atom. The molecule has 1 amide bonds. The average Bonchev–Trinajstić information content (AvgIpc) is 3.48. The Morgan fingerprint density at radius 2 is 1.87 bits per heavy atom. The molecule has 0 aliphatic carbocycles. The summed E-state index contributed by atoms with van der Waals surface area (Å²) >= 11 is 0. The number of hydrogen-bond donors (Lipinski definition) is 1. The number of benzene rings is 2. The van der Waals surface area contributed by atoms with Crippen molar-refractivity contribution in [2.45, 2.75) is 12.5 Å². The van der Waals surface area contributed by atoms with E-state index in [4.69, 9.17) is 13.9 Å². The summed E-state index contributed by atoms with van der Waals surface area (Å²) in [5.74, 6) is 0.203. The molecule has 0 saturated heterocycles. The van der Waals surface area contributed by atoms with E-state index in [1.165, 1.54) is 35.5 Å². The molecule has 1 N–H and O–H groups in total. The molecule has 1 aromatic heterocycles. The molecule has 8 heteroatoms. The lowest BCUT2D eigenvalue weighted by atomic mass is 10.0. The summed E-state index contributed by atoms with van der Waals surface area (Å²) in [6.07, 6.45) is 1.99. The Labute approximate surface area is 178 Å². The first kappa shape index (κ1) is 20.2. The molecule has 1 aliphatic heterocycles. The summed E-state index contributed by atoms with van der Waals surface area (Å²) in [6.45, 7) is -0.476. The van der Waals surface area contributed by atoms with E-state index in [9.17, 15) is 14.7 Å². The van der Waals surface area contributed by atoms with Crippen LogP contribution in [0.1, 0.15) is 34.1 Å². The molecule has 8 nitrogen and oxygen atoms in total. The number of esters is 1. The van der Waals surface area contributed by atoms with Crippen LogP contribution >= 0.6 is 0 Å². The van der Waals surface area contributed by atoms with Gasteiger partial charge >= 0.3 is 5.97 Å². The zero-order valence-corrected chi connectivity index (χ0v) is 16.7. The molecule has 2 aromatic carbocycles. The van der Waals surface area contributed by atoms with Crippen LogP contribution in [0, 0.1) is 0 Å². The molecule has 0 spiro atoms. The first-order chi connectivity index (χ1) is 15.0. The molecule has 0 radical (unpaired) electrons. The van der Waals surface area contributed by atoms with Gasteiger partial charge in [0.2, 0.25) is 0 Å². The third-order valence-corrected chi connectivity index (χ3v) is 4.89. The van der Waals surface area contributed by atoms with Crippen LogP contribution in [-0.4, -0.2) is 41.4 Å². The van der Waals surface area contributed by atoms with Crippen molar-refractivity contribution in [3.63, 3.8) is 0 Å². The van der Waals surface area contributed by atoms with E-state index >= 15 is 0 Å². The van der Waals surface area contributed by atoms with Crippen LogP contribution in [0.4, 0.5) is 0 Å². The molecule has 1 aliphatic rings. The average molecular weight is 420 g/mol. The minimum Gasteiger partial charge on any atom is -0.508 e. The number of carbonyl (C=O) groups excluding carboxylic acids is 2. The van der Waals surface area contributed by atoms with E-state index in [2.05, 4.69) is 5.10 Å². The van der Waals surface area contributed by atoms with Crippen LogP contribution in [0.3, 0.4) is 0 Å². The lowest BCUT2D eigenvalue weighted by Gasteiger charge is -2.19. The summed E-state index contributed by atoms with van der Waals surface area (Å²) in [6, 6.07) is 16.1. The zero-order valence-electron chi connectivity index (χ0n) is 16.7. The summed E-state index contributed by atoms with van der Waals surface area (Å²) in [5, 5.41) is 15.1. The number of aromatic hydroxyl groups is 1. The fraction of sp³-hybridized carbons (Fsp3) is 0.174. The number of nitrogens with zero attached hydrogens (tertiary/aromatic N) is 2. The Balaban J connectivity index is 1.50. The van der Waals surface area contributed by atoms with Gasteiger partial charge in [-0.25, -0.2) is 9.80 Å². The van der Waals surface area contributed by atoms with Gasteiger partial charge < -0.3 is 19.0 Å². The van der Waals surface area contributed by atoms with Gasteiger partial charge in [0.25, 0.3) is 5.91 Å². The number of amides is 1. The summed E-state index contributed by atoms with van der Waals surface area (Å²) < 4.78 is 15.8. The number of hydrogen-bond acceptors (Lipinski definition) is 7. The third-order valence-electron chi connectivity index (χ3n) is 4.89. The summed E-state index contributed by atoms with van der Waals surface area (Å²) in [5.41, 5.74) is 1.80. The van der Waals surface area contributed by atoms with E-state index in [0.29, 0.717) is 17.9 Å². The molecule has 31 heavy (non-hydrogen) atoms. The molecule has 0 unspecified atom stereocenters. The minimum absolute atomic E-state index is 0.0337. The molecule has 4 rings (SSSR count). The highest BCUT2D eigenvalue weighted by atomic mass is 16.5. The number of carbonyl (C=O) groups is 2. The fourth-order valence-electron chi connectivity index (χ4n) is 3.28. The van der Waals surface area contributed by atoms with Crippen molar-refractivity contribution in [3.8, 4) is 11.5 Å². The van der Waals surface area contributed by atoms with Crippen LogP contribution in [0.15, 0.2) is 76.4 Å². The summed E-state index contributed by atoms with van der Waals surface area (Å²) in [4.78, 5) is 25.0. The molecule has 158 valence electrons. The van der Waals surface area contributed by atoms with Gasteiger partial charge in [0.1, 0.15) is 23.3 Å². The quantitative estimate of drug-likeness (QED) is 0.612. The normalized spacial score (nSPS) is 15.5. The monoisotopic (exact) mass is 420 g/mol. The van der Waals surface area contributed by atoms with E-state index in [1.54, 1.807) is 19.2 Å². The van der Waals surface area contributed by atoms with Gasteiger partial charge in [0.05, 0.1) is 24.6 Å². The standard InChI is InChI=1S/C23H20N2O6/c1-29-18-10-6-15(7-11-18)19-13-20(21-3-2-12-30-21)25(24-19)22(27)14-31-23(28)16-4-8-17(26)9-5-16/h2-12,20,26H,13-14H2,1H3/t20-/m1/s1. The topological polar surface area (TPSA) is 102 Å². The lowest BCUT2D eigenvalue weighted by molar-refractivity contribution is -0.136. The highest BCUT2D eigenvalue weighted by molar-refractivity contribution is 6.03. The maximum absolute atomic E-state index is 12.9. The van der Waals surface area contributed by atoms with Crippen molar-refractivity contribution in [2.24, 2.45) is 5.10 Å². The van der Waals surface area contributed by atoms with Gasteiger partial charge in [-0.15, -0.1) is 0 Å². The van der Waals surface area contributed by atoms with Gasteiger partial charge in [-0.3, -0.25) is 4.79 Å². The molecule has 1 atom stereocenters. The molecule has 0 saturated carbocycles. The number of ether oxygens (including phenoxy) is 2. The Bertz CT molecular complexity index is 1090. The van der Waals surface area contributed by atoms with Crippen molar-refractivity contribution < 1.29 is 28.6 Å². The Morgan fingerprint density at radius 3 is 2.52 bits per heavy atom. The first-order valence-electron chi connectivity index (χ1n) is 9.58. The van der Waals surface area contributed by atoms with Crippen LogP contribution < -0.4 is 4.74 Å². The first-order valence-corrected chi connectivity index (χ1v) is 9.58. The highest BCUT2D eigenvalue weighted by Crippen LogP contribution is 2.33. The van der Waals surface area contributed by atoms with Crippen molar-refractivity contribution in [1.29, 1.82) is 0 Å². The van der Waals surface area contributed by atoms with Crippen molar-refractivity contribution in [3.05, 3.63) is 83.8 Å². The molecular formula is C23H20N2O6. The molecular weight excluding hydrogens is 400 g/mol. The van der Waals surface area contributed by atoms with Crippen molar-refractivity contribution >= 4 is 17.6 Å². The minimum atomic E-state index is -0.665. The van der Waals surface area contributed by atoms with Gasteiger partial charge in [-0.1, -0.05) is 0 Å². The number of phenols is 1. The Hall–Kier alpha value is -4.07. The Kier molecular flexibility index (Phi) is 5.70. The number of methoxy groups -OCH3 is 1. The van der Waals surface area contributed by atoms with Crippen LogP contribution in [-0.2, 0) is 9.53 Å². The van der Waals surface area contributed by atoms with E-state index in [1.807, 2.05) is 24.3 Å². The predicted octanol–water partition coefficient (Wildman–Crippen LogP) is 3.53. The molecule has 0 fully saturated rings. The van der Waals surface area contributed by atoms with Gasteiger partial charge in [0.15, 0.2) is 6.61 Å². The maximum atomic E-state index is 12.9. The smallest absolute Gasteiger partial charge is 0.338 e. The molecule has 3 aromatic rings. The van der Waals surface area contributed by atoms with E-state index in [0.717, 1.165) is 11.3 Å². The van der Waals surface area contributed by atoms with Gasteiger partial charge in [-0.2, -0.15) is 5.10 Å².